The number of benzene rings is 2. The molecule has 2 aromatic carbocycles. The van der Waals surface area contributed by atoms with Gasteiger partial charge >= 0.3 is 6.36 Å². The summed E-state index contributed by atoms with van der Waals surface area (Å²) < 4.78 is 49.7. The summed E-state index contributed by atoms with van der Waals surface area (Å²) in [4.78, 5) is 21.8. The van der Waals surface area contributed by atoms with Crippen molar-refractivity contribution < 1.29 is 27.4 Å². The van der Waals surface area contributed by atoms with E-state index in [0.717, 1.165) is 37.8 Å². The van der Waals surface area contributed by atoms with Crippen molar-refractivity contribution in [3.8, 4) is 5.75 Å². The predicted octanol–water partition coefficient (Wildman–Crippen LogP) is 6.75. The summed E-state index contributed by atoms with van der Waals surface area (Å²) in [5.74, 6) is 0.294. The number of Topliss-reactive ketones (excluding diaryl/α,β-unsaturated/α-hetero) is 1. The van der Waals surface area contributed by atoms with Gasteiger partial charge in [0.15, 0.2) is 10.9 Å². The minimum Gasteiger partial charge on any atom is -0.406 e. The zero-order valence-electron chi connectivity index (χ0n) is 19.6. The first kappa shape index (κ1) is 24.5. The van der Waals surface area contributed by atoms with E-state index in [0.29, 0.717) is 38.8 Å². The molecule has 1 saturated heterocycles. The highest BCUT2D eigenvalue weighted by Crippen LogP contribution is 2.33. The minimum atomic E-state index is -4.75. The maximum Gasteiger partial charge on any atom is 0.573 e. The molecule has 0 bridgehead atoms. The van der Waals surface area contributed by atoms with Crippen LogP contribution in [0.2, 0.25) is 0 Å². The summed E-state index contributed by atoms with van der Waals surface area (Å²) in [7, 11) is 1.84. The van der Waals surface area contributed by atoms with Crippen LogP contribution in [-0.4, -0.2) is 39.4 Å². The Kier molecular flexibility index (Phi) is 6.85. The van der Waals surface area contributed by atoms with Crippen molar-refractivity contribution >= 4 is 49.4 Å². The second kappa shape index (κ2) is 10.1. The summed E-state index contributed by atoms with van der Waals surface area (Å²) in [5, 5.41) is 3.62. The molecule has 0 aliphatic carbocycles. The van der Waals surface area contributed by atoms with E-state index < -0.39 is 6.36 Å². The quantitative estimate of drug-likeness (QED) is 0.260. The molecule has 1 aliphatic rings. The van der Waals surface area contributed by atoms with E-state index in [1.807, 2.05) is 23.7 Å². The van der Waals surface area contributed by atoms with Crippen molar-refractivity contribution in [3.05, 3.63) is 42.0 Å². The molecule has 11 heteroatoms. The second-order valence-electron chi connectivity index (χ2n) is 8.82. The lowest BCUT2D eigenvalue weighted by atomic mass is 10.0. The number of anilines is 2. The van der Waals surface area contributed by atoms with Gasteiger partial charge in [0.2, 0.25) is 5.95 Å². The molecule has 1 atom stereocenters. The van der Waals surface area contributed by atoms with Gasteiger partial charge in [-0.3, -0.25) is 4.79 Å². The first-order valence-electron chi connectivity index (χ1n) is 11.8. The third-order valence-corrected chi connectivity index (χ3v) is 7.15. The molecular weight excluding hydrogens is 493 g/mol. The highest BCUT2D eigenvalue weighted by Gasteiger charge is 2.31. The lowest BCUT2D eigenvalue weighted by Crippen LogP contribution is -2.19. The highest BCUT2D eigenvalue weighted by molar-refractivity contribution is 7.22. The van der Waals surface area contributed by atoms with Gasteiger partial charge in [0.25, 0.3) is 0 Å². The molecule has 1 aliphatic heterocycles. The van der Waals surface area contributed by atoms with Crippen molar-refractivity contribution in [2.24, 2.45) is 7.05 Å². The zero-order chi connectivity index (χ0) is 25.3. The molecular formula is C25H25F3N4O3S. The van der Waals surface area contributed by atoms with Gasteiger partial charge in [-0.1, -0.05) is 11.3 Å². The Morgan fingerprint density at radius 3 is 2.83 bits per heavy atom. The number of fused-ring (bicyclic) bond motifs is 2. The number of alkyl halides is 3. The number of carbonyl (C=O) groups is 1. The van der Waals surface area contributed by atoms with Crippen LogP contribution >= 0.6 is 11.3 Å². The van der Waals surface area contributed by atoms with Gasteiger partial charge < -0.3 is 19.4 Å². The number of thiazole rings is 1. The van der Waals surface area contributed by atoms with Crippen LogP contribution in [0.3, 0.4) is 0 Å². The van der Waals surface area contributed by atoms with Crippen LogP contribution in [0.1, 0.15) is 48.9 Å². The molecule has 0 saturated carbocycles. The molecule has 36 heavy (non-hydrogen) atoms. The van der Waals surface area contributed by atoms with Gasteiger partial charge in [-0.15, -0.1) is 13.2 Å². The number of ketones is 1. The first-order valence-corrected chi connectivity index (χ1v) is 12.6. The van der Waals surface area contributed by atoms with E-state index in [1.54, 1.807) is 6.07 Å². The summed E-state index contributed by atoms with van der Waals surface area (Å²) in [6.07, 6.45) is 1.06. The standard InChI is InChI=1S/C25H25F3N4O3S/c1-32-20-11-8-15(21(33)7-4-6-16-5-2-3-12-34-16)13-19(20)29-23(32)31-24-30-18-10-9-17(14-22(18)36-24)35-25(26,27)28/h8-11,13-14,16H,2-7,12H2,1H3,(H,29,30,31). The minimum absolute atomic E-state index is 0.0796. The molecule has 0 amide bonds. The fourth-order valence-electron chi connectivity index (χ4n) is 4.41. The number of halogens is 3. The number of aryl methyl sites for hydroxylation is 1. The zero-order valence-corrected chi connectivity index (χ0v) is 20.4. The maximum atomic E-state index is 12.7. The van der Waals surface area contributed by atoms with Gasteiger partial charge in [-0.05, 0) is 62.4 Å². The molecule has 1 fully saturated rings. The van der Waals surface area contributed by atoms with Gasteiger partial charge in [-0.25, -0.2) is 9.97 Å². The lowest BCUT2D eigenvalue weighted by Gasteiger charge is -2.22. The number of aromatic nitrogens is 3. The van der Waals surface area contributed by atoms with E-state index >= 15 is 0 Å². The smallest absolute Gasteiger partial charge is 0.406 e. The number of hydrogen-bond donors (Lipinski definition) is 1. The van der Waals surface area contributed by atoms with Gasteiger partial charge in [0, 0.05) is 31.7 Å². The molecule has 7 nitrogen and oxygen atoms in total. The first-order chi connectivity index (χ1) is 17.2. The van der Waals surface area contributed by atoms with Crippen LogP contribution in [0.15, 0.2) is 36.4 Å². The third-order valence-electron chi connectivity index (χ3n) is 6.22. The number of nitrogens with zero attached hydrogens (tertiary/aromatic N) is 3. The summed E-state index contributed by atoms with van der Waals surface area (Å²) in [5.41, 5.74) is 2.67. The largest absolute Gasteiger partial charge is 0.573 e. The van der Waals surface area contributed by atoms with Crippen LogP contribution in [0, 0.1) is 0 Å². The fraction of sp³-hybridized carbons (Fsp3) is 0.400. The molecule has 0 radical (unpaired) electrons. The summed E-state index contributed by atoms with van der Waals surface area (Å²) in [6.45, 7) is 0.815. The number of imidazole rings is 1. The number of hydrogen-bond acceptors (Lipinski definition) is 7. The Morgan fingerprint density at radius 2 is 2.06 bits per heavy atom. The molecule has 0 spiro atoms. The van der Waals surface area contributed by atoms with E-state index in [-0.39, 0.29) is 17.6 Å². The number of rotatable bonds is 8. The SMILES string of the molecule is Cn1c(Nc2nc3ccc(OC(F)(F)F)cc3s2)nc2cc(C(=O)CCCC3CCCCO3)ccc21. The maximum absolute atomic E-state index is 12.7. The third kappa shape index (κ3) is 5.62. The van der Waals surface area contributed by atoms with Crippen molar-refractivity contribution in [2.45, 2.75) is 51.0 Å². The van der Waals surface area contributed by atoms with Crippen LogP contribution in [0.5, 0.6) is 5.75 Å². The van der Waals surface area contributed by atoms with Crippen LogP contribution in [0.4, 0.5) is 24.3 Å². The van der Waals surface area contributed by atoms with Crippen molar-refractivity contribution in [2.75, 3.05) is 11.9 Å². The van der Waals surface area contributed by atoms with Crippen LogP contribution in [0.25, 0.3) is 21.3 Å². The fourth-order valence-corrected chi connectivity index (χ4v) is 5.29. The number of ether oxygens (including phenoxy) is 2. The molecule has 2 aromatic heterocycles. The van der Waals surface area contributed by atoms with E-state index in [1.165, 1.54) is 36.0 Å². The normalized spacial score (nSPS) is 16.5. The predicted molar refractivity (Wildman–Crippen MR) is 132 cm³/mol. The van der Waals surface area contributed by atoms with Gasteiger partial charge in [-0.2, -0.15) is 0 Å². The number of nitrogens with one attached hydrogen (secondary N) is 1. The molecule has 4 aromatic rings. The Hall–Kier alpha value is -3.18. The Labute approximate surface area is 209 Å². The molecule has 5 rings (SSSR count). The monoisotopic (exact) mass is 518 g/mol. The van der Waals surface area contributed by atoms with Crippen molar-refractivity contribution in [1.82, 2.24) is 14.5 Å². The lowest BCUT2D eigenvalue weighted by molar-refractivity contribution is -0.274. The molecule has 3 heterocycles. The Morgan fingerprint density at radius 1 is 1.19 bits per heavy atom. The van der Waals surface area contributed by atoms with E-state index in [9.17, 15) is 18.0 Å². The van der Waals surface area contributed by atoms with Gasteiger partial charge in [0.05, 0.1) is 27.4 Å². The Bertz CT molecular complexity index is 1390. The van der Waals surface area contributed by atoms with Gasteiger partial charge in [0.1, 0.15) is 5.75 Å². The molecule has 1 N–H and O–H groups in total. The molecule has 1 unspecified atom stereocenters. The molecule has 190 valence electrons. The average Bonchev–Trinajstić information content (AvgIpc) is 3.38. The number of carbonyl (C=O) groups excluding carboxylic acids is 1. The summed E-state index contributed by atoms with van der Waals surface area (Å²) in [6, 6.07) is 9.48. The van der Waals surface area contributed by atoms with Crippen molar-refractivity contribution in [1.29, 1.82) is 0 Å². The Balaban J connectivity index is 1.28. The van der Waals surface area contributed by atoms with Crippen LogP contribution in [-0.2, 0) is 11.8 Å². The second-order valence-corrected chi connectivity index (χ2v) is 9.85. The van der Waals surface area contributed by atoms with Crippen LogP contribution < -0.4 is 10.1 Å². The summed E-state index contributed by atoms with van der Waals surface area (Å²) >= 11 is 1.19. The van der Waals surface area contributed by atoms with Crippen molar-refractivity contribution in [3.63, 3.8) is 0 Å². The average molecular weight is 519 g/mol. The van der Waals surface area contributed by atoms with E-state index in [4.69, 9.17) is 4.74 Å². The topological polar surface area (TPSA) is 78.3 Å². The van der Waals surface area contributed by atoms with E-state index in [2.05, 4.69) is 20.0 Å². The highest BCUT2D eigenvalue weighted by atomic mass is 32.1.